The summed E-state index contributed by atoms with van der Waals surface area (Å²) in [6.07, 6.45) is 21.5. The molecule has 232 valence electrons. The highest BCUT2D eigenvalue weighted by molar-refractivity contribution is 14.1. The minimum absolute atomic E-state index is 0.207. The first-order chi connectivity index (χ1) is 20.7. The SMILES string of the molecule is C=C1C2=C/C(=C(/C3=C(C)C4=C(CCCC4)C(CCCC)C3)c3ccc([C@@H](C)C(=C)I)cc3O)[C@H](C)[C@@H]1CCCCCCC2. The number of aromatic hydroxyl groups is 1. The number of phenolic OH excluding ortho intramolecular Hbond substituents is 1. The van der Waals surface area contributed by atoms with Crippen molar-refractivity contribution in [2.75, 3.05) is 0 Å². The summed E-state index contributed by atoms with van der Waals surface area (Å²) in [6, 6.07) is 6.50. The molecule has 0 heterocycles. The molecule has 43 heavy (non-hydrogen) atoms. The summed E-state index contributed by atoms with van der Waals surface area (Å²) < 4.78 is 1.10. The molecule has 0 radical (unpaired) electrons. The van der Waals surface area contributed by atoms with Gasteiger partial charge < -0.3 is 5.11 Å². The van der Waals surface area contributed by atoms with Gasteiger partial charge in [-0.2, -0.15) is 0 Å². The Morgan fingerprint density at radius 1 is 1.05 bits per heavy atom. The molecule has 5 rings (SSSR count). The first-order valence-corrected chi connectivity index (χ1v) is 18.5. The van der Waals surface area contributed by atoms with Crippen molar-refractivity contribution in [2.24, 2.45) is 17.8 Å². The quantitative estimate of drug-likeness (QED) is 0.282. The van der Waals surface area contributed by atoms with Crippen LogP contribution in [0.3, 0.4) is 0 Å². The van der Waals surface area contributed by atoms with Crippen LogP contribution in [0.1, 0.15) is 141 Å². The van der Waals surface area contributed by atoms with E-state index in [4.69, 9.17) is 6.58 Å². The molecule has 4 aliphatic rings. The molecule has 0 saturated heterocycles. The maximum atomic E-state index is 11.9. The lowest BCUT2D eigenvalue weighted by atomic mass is 9.65. The predicted molar refractivity (Wildman–Crippen MR) is 195 cm³/mol. The fourth-order valence-corrected chi connectivity index (χ4v) is 8.93. The molecular formula is C41H55IO. The Labute approximate surface area is 276 Å². The minimum atomic E-state index is 0.207. The molecule has 0 aliphatic heterocycles. The Hall–Kier alpha value is -1.81. The van der Waals surface area contributed by atoms with Crippen LogP contribution in [0, 0.1) is 17.8 Å². The molecule has 4 aliphatic carbocycles. The van der Waals surface area contributed by atoms with E-state index in [2.05, 4.69) is 75.1 Å². The van der Waals surface area contributed by atoms with E-state index in [-0.39, 0.29) is 5.92 Å². The largest absolute Gasteiger partial charge is 0.507 e. The standard InChI is InChI=1S/C41H55IO/c1-7-8-16-33-24-39(29(5)35-19-14-15-20-36(33)35)41(37-22-21-32(25-40(37)43)26(2)30(6)42)38-23-31-17-12-10-9-11-13-18-34(27(31)3)28(38)4/h21-23,25-26,28,33-34,43H,3,6-20,24H2,1-2,4-5H3/b41-38-/t26-,28+,33?,34+/m0/s1. The third-order valence-electron chi connectivity index (χ3n) is 11.4. The number of phenols is 1. The third-order valence-corrected chi connectivity index (χ3v) is 12.3. The second-order valence-electron chi connectivity index (χ2n) is 14.0. The summed E-state index contributed by atoms with van der Waals surface area (Å²) in [6.45, 7) is 18.3. The Bertz CT molecular complexity index is 1360. The van der Waals surface area contributed by atoms with Crippen LogP contribution in [0.15, 0.2) is 80.0 Å². The van der Waals surface area contributed by atoms with Gasteiger partial charge in [-0.05, 0) is 159 Å². The van der Waals surface area contributed by atoms with Gasteiger partial charge in [0.1, 0.15) is 5.75 Å². The second kappa shape index (κ2) is 14.5. The van der Waals surface area contributed by atoms with E-state index < -0.39 is 0 Å². The van der Waals surface area contributed by atoms with Crippen LogP contribution in [0.25, 0.3) is 5.57 Å². The molecule has 1 N–H and O–H groups in total. The van der Waals surface area contributed by atoms with E-state index in [1.165, 1.54) is 117 Å². The molecule has 4 atom stereocenters. The van der Waals surface area contributed by atoms with Gasteiger partial charge in [-0.1, -0.05) is 96.2 Å². The molecule has 1 aromatic carbocycles. The third kappa shape index (κ3) is 6.90. The van der Waals surface area contributed by atoms with Gasteiger partial charge in [-0.15, -0.1) is 0 Å². The second-order valence-corrected chi connectivity index (χ2v) is 15.4. The van der Waals surface area contributed by atoms with Crippen LogP contribution in [0.2, 0.25) is 0 Å². The van der Waals surface area contributed by atoms with E-state index in [0.29, 0.717) is 23.5 Å². The molecule has 1 nitrogen and oxygen atoms in total. The van der Waals surface area contributed by atoms with Crippen molar-refractivity contribution in [1.29, 1.82) is 0 Å². The van der Waals surface area contributed by atoms with Crippen LogP contribution in [-0.2, 0) is 0 Å². The monoisotopic (exact) mass is 690 g/mol. The highest BCUT2D eigenvalue weighted by Gasteiger charge is 2.36. The number of halogens is 1. The minimum Gasteiger partial charge on any atom is -0.507 e. The summed E-state index contributed by atoms with van der Waals surface area (Å²) in [4.78, 5) is 0. The molecule has 1 fully saturated rings. The molecule has 0 amide bonds. The number of allylic oxidation sites excluding steroid dienone is 10. The molecule has 1 unspecified atom stereocenters. The van der Waals surface area contributed by atoms with Gasteiger partial charge in [0.25, 0.3) is 0 Å². The van der Waals surface area contributed by atoms with Gasteiger partial charge in [0.05, 0.1) is 0 Å². The normalized spacial score (nSPS) is 27.0. The number of fused-ring (bicyclic) bond motifs is 2. The number of hydrogen-bond donors (Lipinski definition) is 1. The summed E-state index contributed by atoms with van der Waals surface area (Å²) in [5.74, 6) is 2.12. The zero-order valence-electron chi connectivity index (χ0n) is 27.5. The van der Waals surface area contributed by atoms with Gasteiger partial charge in [-0.25, -0.2) is 0 Å². The Balaban J connectivity index is 1.75. The van der Waals surface area contributed by atoms with Crippen LogP contribution in [-0.4, -0.2) is 5.11 Å². The van der Waals surface area contributed by atoms with Gasteiger partial charge in [-0.3, -0.25) is 0 Å². The summed E-state index contributed by atoms with van der Waals surface area (Å²) in [5.41, 5.74) is 14.2. The van der Waals surface area contributed by atoms with Crippen molar-refractivity contribution < 1.29 is 5.11 Å². The molecule has 2 bridgehead atoms. The van der Waals surface area contributed by atoms with E-state index >= 15 is 0 Å². The number of hydrogen-bond acceptors (Lipinski definition) is 1. The van der Waals surface area contributed by atoms with E-state index in [9.17, 15) is 5.11 Å². The lowest BCUT2D eigenvalue weighted by molar-refractivity contribution is 0.403. The molecule has 2 heteroatoms. The fourth-order valence-electron chi connectivity index (χ4n) is 8.57. The van der Waals surface area contributed by atoms with Crippen LogP contribution in [0.4, 0.5) is 0 Å². The van der Waals surface area contributed by atoms with E-state index in [0.717, 1.165) is 27.5 Å². The lowest BCUT2D eigenvalue weighted by Gasteiger charge is -2.39. The van der Waals surface area contributed by atoms with E-state index in [1.807, 2.05) is 6.07 Å². The van der Waals surface area contributed by atoms with Crippen LogP contribution in [0.5, 0.6) is 5.75 Å². The van der Waals surface area contributed by atoms with Gasteiger partial charge in [0, 0.05) is 11.5 Å². The van der Waals surface area contributed by atoms with Crippen molar-refractivity contribution in [3.05, 3.63) is 91.2 Å². The highest BCUT2D eigenvalue weighted by atomic mass is 127. The number of unbranched alkanes of at least 4 members (excludes halogenated alkanes) is 1. The Morgan fingerprint density at radius 3 is 2.51 bits per heavy atom. The topological polar surface area (TPSA) is 20.2 Å². The van der Waals surface area contributed by atoms with Crippen molar-refractivity contribution in [1.82, 2.24) is 0 Å². The van der Waals surface area contributed by atoms with Crippen LogP contribution < -0.4 is 0 Å². The molecule has 1 aromatic rings. The molecule has 0 spiro atoms. The van der Waals surface area contributed by atoms with Gasteiger partial charge in [0.15, 0.2) is 0 Å². The number of rotatable bonds is 7. The fraction of sp³-hybridized carbons (Fsp3) is 0.561. The summed E-state index contributed by atoms with van der Waals surface area (Å²) >= 11 is 2.33. The zero-order chi connectivity index (χ0) is 30.7. The van der Waals surface area contributed by atoms with Crippen molar-refractivity contribution in [2.45, 2.75) is 130 Å². The molecule has 1 saturated carbocycles. The summed E-state index contributed by atoms with van der Waals surface area (Å²) in [5, 5.41) is 11.9. The zero-order valence-corrected chi connectivity index (χ0v) is 29.6. The lowest BCUT2D eigenvalue weighted by Crippen LogP contribution is -2.24. The van der Waals surface area contributed by atoms with Crippen LogP contribution >= 0.6 is 22.6 Å². The average molecular weight is 691 g/mol. The first kappa shape index (κ1) is 32.6. The van der Waals surface area contributed by atoms with Gasteiger partial charge >= 0.3 is 0 Å². The average Bonchev–Trinajstić information content (AvgIpc) is 3.00. The Morgan fingerprint density at radius 2 is 1.77 bits per heavy atom. The highest BCUT2D eigenvalue weighted by Crippen LogP contribution is 2.52. The summed E-state index contributed by atoms with van der Waals surface area (Å²) in [7, 11) is 0. The van der Waals surface area contributed by atoms with Crippen molar-refractivity contribution in [3.63, 3.8) is 0 Å². The maximum Gasteiger partial charge on any atom is 0.123 e. The van der Waals surface area contributed by atoms with E-state index in [1.54, 1.807) is 11.1 Å². The number of benzene rings is 1. The maximum absolute atomic E-state index is 11.9. The first-order valence-electron chi connectivity index (χ1n) is 17.5. The van der Waals surface area contributed by atoms with Crippen molar-refractivity contribution in [3.8, 4) is 5.75 Å². The Kier molecular flexibility index (Phi) is 11.0. The van der Waals surface area contributed by atoms with Gasteiger partial charge in [0.2, 0.25) is 0 Å². The molecule has 0 aromatic heterocycles. The molecular weight excluding hydrogens is 635 g/mol. The smallest absolute Gasteiger partial charge is 0.123 e. The van der Waals surface area contributed by atoms with Crippen molar-refractivity contribution >= 4 is 28.2 Å². The predicted octanol–water partition coefficient (Wildman–Crippen LogP) is 13.1.